The van der Waals surface area contributed by atoms with Gasteiger partial charge in [0, 0.05) is 19.3 Å². The van der Waals surface area contributed by atoms with Gasteiger partial charge in [0.25, 0.3) is 11.5 Å². The Labute approximate surface area is 156 Å². The van der Waals surface area contributed by atoms with Gasteiger partial charge in [0.05, 0.1) is 41.1 Å². The molecular weight excluding hydrogens is 346 g/mol. The maximum atomic E-state index is 12.8. The number of hydrogen-bond donors (Lipinski definition) is 1. The van der Waals surface area contributed by atoms with E-state index in [1.165, 1.54) is 0 Å². The van der Waals surface area contributed by atoms with Crippen LogP contribution in [0.3, 0.4) is 0 Å². The number of nitrogens with zero attached hydrogens (tertiary/aromatic N) is 2. The molecule has 7 heteroatoms. The third-order valence-electron chi connectivity index (χ3n) is 4.81. The second kappa shape index (κ2) is 7.36. The van der Waals surface area contributed by atoms with Gasteiger partial charge in [0.1, 0.15) is 5.76 Å². The summed E-state index contributed by atoms with van der Waals surface area (Å²) in [4.78, 5) is 29.9. The van der Waals surface area contributed by atoms with E-state index in [4.69, 9.17) is 9.15 Å². The van der Waals surface area contributed by atoms with Crippen LogP contribution in [0.1, 0.15) is 34.7 Å². The van der Waals surface area contributed by atoms with Crippen molar-refractivity contribution in [3.05, 3.63) is 64.1 Å². The first-order valence-electron chi connectivity index (χ1n) is 9.05. The number of aromatic nitrogens is 2. The molecule has 1 amide bonds. The molecule has 1 atom stereocenters. The topological polar surface area (TPSA) is 86.4 Å². The number of ether oxygens (including phenoxy) is 1. The Morgan fingerprint density at radius 2 is 2.30 bits per heavy atom. The van der Waals surface area contributed by atoms with Gasteiger partial charge >= 0.3 is 0 Å². The quantitative estimate of drug-likeness (QED) is 0.747. The lowest BCUT2D eigenvalue weighted by Crippen LogP contribution is -2.32. The molecule has 7 nitrogen and oxygen atoms in total. The van der Waals surface area contributed by atoms with Crippen molar-refractivity contribution >= 4 is 16.8 Å². The fourth-order valence-electron chi connectivity index (χ4n) is 3.34. The van der Waals surface area contributed by atoms with Gasteiger partial charge in [-0.3, -0.25) is 14.6 Å². The highest BCUT2D eigenvalue weighted by Crippen LogP contribution is 2.15. The summed E-state index contributed by atoms with van der Waals surface area (Å²) in [5.41, 5.74) is 1.37. The number of rotatable bonds is 5. The lowest BCUT2D eigenvalue weighted by Gasteiger charge is -2.12. The van der Waals surface area contributed by atoms with Crippen LogP contribution in [0.2, 0.25) is 0 Å². The standard InChI is InChI=1S/C20H21N3O4/c1-13-16(19(24)21-11-14-4-2-8-26-14)10-17-18(22-13)6-7-23(20(17)25)12-15-5-3-9-27-15/h3,5-7,9-10,14H,2,4,8,11-12H2,1H3,(H,21,24)/t14-/m0/s1. The van der Waals surface area contributed by atoms with E-state index >= 15 is 0 Å². The third-order valence-corrected chi connectivity index (χ3v) is 4.81. The Hall–Kier alpha value is -2.93. The van der Waals surface area contributed by atoms with Gasteiger partial charge in [-0.25, -0.2) is 0 Å². The molecule has 27 heavy (non-hydrogen) atoms. The minimum absolute atomic E-state index is 0.0631. The Morgan fingerprint density at radius 3 is 3.04 bits per heavy atom. The van der Waals surface area contributed by atoms with Gasteiger partial charge in [-0.15, -0.1) is 0 Å². The minimum Gasteiger partial charge on any atom is -0.467 e. The van der Waals surface area contributed by atoms with Crippen LogP contribution < -0.4 is 10.9 Å². The van der Waals surface area contributed by atoms with Gasteiger partial charge in [0.2, 0.25) is 0 Å². The fourth-order valence-corrected chi connectivity index (χ4v) is 3.34. The Bertz CT molecular complexity index is 1020. The minimum atomic E-state index is -0.238. The molecule has 140 valence electrons. The average molecular weight is 367 g/mol. The van der Waals surface area contributed by atoms with Gasteiger partial charge in [0.15, 0.2) is 0 Å². The van der Waals surface area contributed by atoms with Crippen LogP contribution in [0.25, 0.3) is 10.9 Å². The zero-order valence-corrected chi connectivity index (χ0v) is 15.1. The molecule has 1 N–H and O–H groups in total. The predicted molar refractivity (Wildman–Crippen MR) is 99.9 cm³/mol. The van der Waals surface area contributed by atoms with Crippen LogP contribution in [0.4, 0.5) is 0 Å². The molecule has 0 bridgehead atoms. The van der Waals surface area contributed by atoms with Crippen LogP contribution in [-0.2, 0) is 11.3 Å². The molecule has 1 saturated heterocycles. The first-order valence-corrected chi connectivity index (χ1v) is 9.05. The van der Waals surface area contributed by atoms with E-state index in [2.05, 4.69) is 10.3 Å². The van der Waals surface area contributed by atoms with Crippen molar-refractivity contribution in [2.75, 3.05) is 13.2 Å². The summed E-state index contributed by atoms with van der Waals surface area (Å²) in [5.74, 6) is 0.448. The highest BCUT2D eigenvalue weighted by molar-refractivity contribution is 5.98. The molecule has 0 saturated carbocycles. The average Bonchev–Trinajstić information content (AvgIpc) is 3.35. The Morgan fingerprint density at radius 1 is 1.41 bits per heavy atom. The lowest BCUT2D eigenvalue weighted by molar-refractivity contribution is 0.0857. The number of carbonyl (C=O) groups is 1. The summed E-state index contributed by atoms with van der Waals surface area (Å²) in [6.45, 7) is 3.31. The zero-order valence-electron chi connectivity index (χ0n) is 15.1. The molecule has 0 aromatic carbocycles. The molecule has 1 fully saturated rings. The van der Waals surface area contributed by atoms with Crippen LogP contribution in [0, 0.1) is 6.92 Å². The van der Waals surface area contributed by atoms with Crippen molar-refractivity contribution in [3.8, 4) is 0 Å². The van der Waals surface area contributed by atoms with Gasteiger partial charge < -0.3 is 19.0 Å². The van der Waals surface area contributed by atoms with Crippen LogP contribution in [-0.4, -0.2) is 34.7 Å². The summed E-state index contributed by atoms with van der Waals surface area (Å²) in [5, 5.41) is 3.30. The van der Waals surface area contributed by atoms with Crippen molar-refractivity contribution in [3.63, 3.8) is 0 Å². The van der Waals surface area contributed by atoms with Gasteiger partial charge in [-0.1, -0.05) is 0 Å². The van der Waals surface area contributed by atoms with Crippen LogP contribution >= 0.6 is 0 Å². The molecule has 0 unspecified atom stereocenters. The van der Waals surface area contributed by atoms with E-state index in [0.717, 1.165) is 19.4 Å². The summed E-state index contributed by atoms with van der Waals surface area (Å²) >= 11 is 0. The van der Waals surface area contributed by atoms with Crippen molar-refractivity contribution in [2.45, 2.75) is 32.4 Å². The number of aryl methyl sites for hydroxylation is 1. The van der Waals surface area contributed by atoms with Gasteiger partial charge in [-0.2, -0.15) is 0 Å². The molecule has 4 heterocycles. The fraction of sp³-hybridized carbons (Fsp3) is 0.350. The van der Waals surface area contributed by atoms with Crippen molar-refractivity contribution in [1.82, 2.24) is 14.9 Å². The molecule has 0 spiro atoms. The van der Waals surface area contributed by atoms with Crippen LogP contribution in [0.15, 0.2) is 45.9 Å². The van der Waals surface area contributed by atoms with E-state index in [1.807, 2.05) is 6.07 Å². The monoisotopic (exact) mass is 367 g/mol. The number of nitrogens with one attached hydrogen (secondary N) is 1. The van der Waals surface area contributed by atoms with Crippen LogP contribution in [0.5, 0.6) is 0 Å². The normalized spacial score (nSPS) is 16.7. The first kappa shape index (κ1) is 17.5. The summed E-state index contributed by atoms with van der Waals surface area (Å²) in [6.07, 6.45) is 5.30. The molecule has 1 aliphatic heterocycles. The molecule has 0 aliphatic carbocycles. The molecule has 1 aliphatic rings. The smallest absolute Gasteiger partial charge is 0.260 e. The highest BCUT2D eigenvalue weighted by Gasteiger charge is 2.19. The van der Waals surface area contributed by atoms with E-state index in [9.17, 15) is 9.59 Å². The zero-order chi connectivity index (χ0) is 18.8. The first-order chi connectivity index (χ1) is 13.1. The second-order valence-electron chi connectivity index (χ2n) is 6.73. The number of fused-ring (bicyclic) bond motifs is 1. The Balaban J connectivity index is 1.62. The largest absolute Gasteiger partial charge is 0.467 e. The van der Waals surface area contributed by atoms with E-state index in [-0.39, 0.29) is 17.6 Å². The molecule has 3 aromatic rings. The van der Waals surface area contributed by atoms with Crippen molar-refractivity contribution in [1.29, 1.82) is 0 Å². The SMILES string of the molecule is Cc1nc2ccn(Cc3ccco3)c(=O)c2cc1C(=O)NC[C@@H]1CCCO1. The highest BCUT2D eigenvalue weighted by atomic mass is 16.5. The molecule has 0 radical (unpaired) electrons. The lowest BCUT2D eigenvalue weighted by atomic mass is 10.1. The Kier molecular flexibility index (Phi) is 4.77. The second-order valence-corrected chi connectivity index (χ2v) is 6.73. The molecular formula is C20H21N3O4. The van der Waals surface area contributed by atoms with E-state index in [1.54, 1.807) is 42.1 Å². The van der Waals surface area contributed by atoms with E-state index < -0.39 is 0 Å². The number of amides is 1. The number of hydrogen-bond acceptors (Lipinski definition) is 5. The summed E-state index contributed by atoms with van der Waals surface area (Å²) in [7, 11) is 0. The summed E-state index contributed by atoms with van der Waals surface area (Å²) in [6, 6.07) is 7.00. The number of furan rings is 1. The van der Waals surface area contributed by atoms with Gasteiger partial charge in [-0.05, 0) is 44.0 Å². The van der Waals surface area contributed by atoms with Crippen molar-refractivity contribution in [2.24, 2.45) is 0 Å². The third kappa shape index (κ3) is 3.64. The number of pyridine rings is 2. The maximum Gasteiger partial charge on any atom is 0.260 e. The molecule has 3 aromatic heterocycles. The number of carbonyl (C=O) groups excluding carboxylic acids is 1. The van der Waals surface area contributed by atoms with E-state index in [0.29, 0.717) is 41.0 Å². The maximum absolute atomic E-state index is 12.8. The van der Waals surface area contributed by atoms with Crippen molar-refractivity contribution < 1.29 is 13.9 Å². The molecule has 4 rings (SSSR count). The predicted octanol–water partition coefficient (Wildman–Crippen LogP) is 2.26. The summed E-state index contributed by atoms with van der Waals surface area (Å²) < 4.78 is 12.4.